The second-order valence-corrected chi connectivity index (χ2v) is 3.52. The van der Waals surface area contributed by atoms with Crippen LogP contribution in [0.1, 0.15) is 11.5 Å². The summed E-state index contributed by atoms with van der Waals surface area (Å²) >= 11 is 0. The van der Waals surface area contributed by atoms with Gasteiger partial charge in [0, 0.05) is 12.5 Å². The zero-order valence-corrected chi connectivity index (χ0v) is 8.48. The molecule has 0 fully saturated rings. The quantitative estimate of drug-likeness (QED) is 0.760. The van der Waals surface area contributed by atoms with Gasteiger partial charge in [-0.2, -0.15) is 0 Å². The first-order valence-electron chi connectivity index (χ1n) is 5.05. The molecule has 0 saturated carbocycles. The summed E-state index contributed by atoms with van der Waals surface area (Å²) in [4.78, 5) is 0. The standard InChI is InChI=1S/C11H15NO3/c12-6-9(7-13)8-1-2-10-11(5-8)15-4-3-14-10/h1-2,5,9,13H,3-4,6-7,12H2. The van der Waals surface area contributed by atoms with Gasteiger partial charge in [0.05, 0.1) is 6.61 Å². The third-order valence-electron chi connectivity index (χ3n) is 2.54. The maximum absolute atomic E-state index is 9.13. The smallest absolute Gasteiger partial charge is 0.161 e. The number of hydrogen-bond acceptors (Lipinski definition) is 4. The molecule has 0 radical (unpaired) electrons. The van der Waals surface area contributed by atoms with Crippen LogP contribution in [0, 0.1) is 0 Å². The third kappa shape index (κ3) is 2.06. The summed E-state index contributed by atoms with van der Waals surface area (Å²) in [7, 11) is 0. The maximum Gasteiger partial charge on any atom is 0.161 e. The SMILES string of the molecule is NCC(CO)c1ccc2c(c1)OCCO2. The Morgan fingerprint density at radius 2 is 2.00 bits per heavy atom. The van der Waals surface area contributed by atoms with Crippen LogP contribution in [-0.4, -0.2) is 31.5 Å². The Morgan fingerprint density at radius 3 is 2.67 bits per heavy atom. The van der Waals surface area contributed by atoms with Gasteiger partial charge in [-0.05, 0) is 17.7 Å². The number of hydrogen-bond donors (Lipinski definition) is 2. The maximum atomic E-state index is 9.13. The van der Waals surface area contributed by atoms with Gasteiger partial charge in [0.2, 0.25) is 0 Å². The molecule has 0 saturated heterocycles. The predicted molar refractivity (Wildman–Crippen MR) is 56.3 cm³/mol. The Kier molecular flexibility index (Phi) is 3.08. The van der Waals surface area contributed by atoms with E-state index in [0.29, 0.717) is 19.8 Å². The molecule has 1 atom stereocenters. The monoisotopic (exact) mass is 209 g/mol. The molecule has 0 aliphatic carbocycles. The molecule has 4 nitrogen and oxygen atoms in total. The second-order valence-electron chi connectivity index (χ2n) is 3.52. The summed E-state index contributed by atoms with van der Waals surface area (Å²) in [5.41, 5.74) is 6.55. The molecule has 1 unspecified atom stereocenters. The van der Waals surface area contributed by atoms with Gasteiger partial charge in [0.25, 0.3) is 0 Å². The highest BCUT2D eigenvalue weighted by Crippen LogP contribution is 2.32. The van der Waals surface area contributed by atoms with Crippen LogP contribution < -0.4 is 15.2 Å². The Labute approximate surface area is 88.6 Å². The van der Waals surface area contributed by atoms with Crippen LogP contribution in [0.2, 0.25) is 0 Å². The lowest BCUT2D eigenvalue weighted by Gasteiger charge is -2.20. The summed E-state index contributed by atoms with van der Waals surface area (Å²) in [6, 6.07) is 5.67. The number of nitrogens with two attached hydrogens (primary N) is 1. The molecular formula is C11H15NO3. The van der Waals surface area contributed by atoms with Gasteiger partial charge in [0.1, 0.15) is 13.2 Å². The van der Waals surface area contributed by atoms with Crippen molar-refractivity contribution in [3.8, 4) is 11.5 Å². The van der Waals surface area contributed by atoms with Crippen molar-refractivity contribution >= 4 is 0 Å². The van der Waals surface area contributed by atoms with Crippen molar-refractivity contribution in [3.05, 3.63) is 23.8 Å². The van der Waals surface area contributed by atoms with E-state index in [1.807, 2.05) is 18.2 Å². The molecule has 1 aromatic carbocycles. The molecule has 3 N–H and O–H groups in total. The van der Waals surface area contributed by atoms with Crippen molar-refractivity contribution in [2.45, 2.75) is 5.92 Å². The van der Waals surface area contributed by atoms with Crippen molar-refractivity contribution in [2.24, 2.45) is 5.73 Å². The number of ether oxygens (including phenoxy) is 2. The summed E-state index contributed by atoms with van der Waals surface area (Å²) < 4.78 is 10.9. The number of rotatable bonds is 3. The van der Waals surface area contributed by atoms with Crippen LogP contribution in [0.4, 0.5) is 0 Å². The van der Waals surface area contributed by atoms with E-state index < -0.39 is 0 Å². The number of benzene rings is 1. The number of aliphatic hydroxyl groups is 1. The zero-order valence-electron chi connectivity index (χ0n) is 8.48. The second kappa shape index (κ2) is 4.51. The fourth-order valence-electron chi connectivity index (χ4n) is 1.63. The van der Waals surface area contributed by atoms with E-state index in [0.717, 1.165) is 17.1 Å². The van der Waals surface area contributed by atoms with E-state index in [4.69, 9.17) is 20.3 Å². The minimum Gasteiger partial charge on any atom is -0.486 e. The highest BCUT2D eigenvalue weighted by Gasteiger charge is 2.15. The van der Waals surface area contributed by atoms with Crippen LogP contribution in [0.3, 0.4) is 0 Å². The average Bonchev–Trinajstić information content (AvgIpc) is 2.30. The molecule has 15 heavy (non-hydrogen) atoms. The molecule has 0 spiro atoms. The van der Waals surface area contributed by atoms with E-state index in [2.05, 4.69) is 0 Å². The topological polar surface area (TPSA) is 64.7 Å². The fourth-order valence-corrected chi connectivity index (χ4v) is 1.63. The number of fused-ring (bicyclic) bond motifs is 1. The molecular weight excluding hydrogens is 194 g/mol. The van der Waals surface area contributed by atoms with Crippen molar-refractivity contribution in [2.75, 3.05) is 26.4 Å². The lowest BCUT2D eigenvalue weighted by molar-refractivity contribution is 0.171. The molecule has 1 aromatic rings. The van der Waals surface area contributed by atoms with Gasteiger partial charge in [-0.3, -0.25) is 0 Å². The number of aliphatic hydroxyl groups excluding tert-OH is 1. The summed E-state index contributed by atoms with van der Waals surface area (Å²) in [5, 5.41) is 9.13. The highest BCUT2D eigenvalue weighted by molar-refractivity contribution is 5.44. The molecule has 1 heterocycles. The average molecular weight is 209 g/mol. The molecule has 0 amide bonds. The first kappa shape index (κ1) is 10.3. The minimum absolute atomic E-state index is 0.0270. The molecule has 2 rings (SSSR count). The summed E-state index contributed by atoms with van der Waals surface area (Å²) in [5.74, 6) is 1.48. The van der Waals surface area contributed by atoms with Crippen molar-refractivity contribution in [3.63, 3.8) is 0 Å². The third-order valence-corrected chi connectivity index (χ3v) is 2.54. The van der Waals surface area contributed by atoms with E-state index >= 15 is 0 Å². The molecule has 1 aliphatic heterocycles. The molecule has 82 valence electrons. The Bertz CT molecular complexity index is 337. The van der Waals surface area contributed by atoms with Crippen LogP contribution >= 0.6 is 0 Å². The van der Waals surface area contributed by atoms with Crippen LogP contribution in [0.25, 0.3) is 0 Å². The Morgan fingerprint density at radius 1 is 1.27 bits per heavy atom. The Hall–Kier alpha value is -1.26. The Balaban J connectivity index is 2.27. The molecule has 4 heteroatoms. The van der Waals surface area contributed by atoms with E-state index in [9.17, 15) is 0 Å². The minimum atomic E-state index is -0.0270. The van der Waals surface area contributed by atoms with Crippen LogP contribution in [0.5, 0.6) is 11.5 Å². The van der Waals surface area contributed by atoms with Gasteiger partial charge < -0.3 is 20.3 Å². The largest absolute Gasteiger partial charge is 0.486 e. The summed E-state index contributed by atoms with van der Waals surface area (Å²) in [6.07, 6.45) is 0. The van der Waals surface area contributed by atoms with Gasteiger partial charge in [0.15, 0.2) is 11.5 Å². The van der Waals surface area contributed by atoms with Crippen LogP contribution in [0.15, 0.2) is 18.2 Å². The fraction of sp³-hybridized carbons (Fsp3) is 0.455. The first-order valence-corrected chi connectivity index (χ1v) is 5.05. The molecule has 0 bridgehead atoms. The van der Waals surface area contributed by atoms with E-state index in [-0.39, 0.29) is 12.5 Å². The molecule has 0 aromatic heterocycles. The van der Waals surface area contributed by atoms with Gasteiger partial charge >= 0.3 is 0 Å². The summed E-state index contributed by atoms with van der Waals surface area (Å²) in [6.45, 7) is 1.64. The van der Waals surface area contributed by atoms with Gasteiger partial charge in [-0.15, -0.1) is 0 Å². The van der Waals surface area contributed by atoms with Gasteiger partial charge in [-0.1, -0.05) is 6.07 Å². The van der Waals surface area contributed by atoms with Gasteiger partial charge in [-0.25, -0.2) is 0 Å². The van der Waals surface area contributed by atoms with E-state index in [1.54, 1.807) is 0 Å². The molecule has 1 aliphatic rings. The zero-order chi connectivity index (χ0) is 10.7. The lowest BCUT2D eigenvalue weighted by Crippen LogP contribution is -2.18. The van der Waals surface area contributed by atoms with Crippen molar-refractivity contribution in [1.82, 2.24) is 0 Å². The van der Waals surface area contributed by atoms with Crippen molar-refractivity contribution in [1.29, 1.82) is 0 Å². The highest BCUT2D eigenvalue weighted by atomic mass is 16.6. The predicted octanol–water partition coefficient (Wildman–Crippen LogP) is 0.492. The van der Waals surface area contributed by atoms with Crippen molar-refractivity contribution < 1.29 is 14.6 Å². The van der Waals surface area contributed by atoms with E-state index in [1.165, 1.54) is 0 Å². The lowest BCUT2D eigenvalue weighted by atomic mass is 10.00. The first-order chi connectivity index (χ1) is 7.35. The normalized spacial score (nSPS) is 16.1. The van der Waals surface area contributed by atoms with Crippen LogP contribution in [-0.2, 0) is 0 Å².